The van der Waals surface area contributed by atoms with Crippen LogP contribution < -0.4 is 0 Å². The number of hydrogen-bond acceptors (Lipinski definition) is 7. The molecule has 3 aliphatic rings. The number of rotatable bonds is 6. The summed E-state index contributed by atoms with van der Waals surface area (Å²) in [6.45, 7) is 6.00. The summed E-state index contributed by atoms with van der Waals surface area (Å²) in [5.74, 6) is 0.573. The zero-order chi connectivity index (χ0) is 33.6. The van der Waals surface area contributed by atoms with E-state index in [1.807, 2.05) is 65.1 Å². The van der Waals surface area contributed by atoms with Gasteiger partial charge in [0, 0.05) is 86.4 Å². The van der Waals surface area contributed by atoms with Gasteiger partial charge in [0.25, 0.3) is 0 Å². The number of halogens is 5. The van der Waals surface area contributed by atoms with Gasteiger partial charge in [-0.3, -0.25) is 9.80 Å². The molecule has 1 fully saturated rings. The molecule has 0 amide bonds. The maximum atomic E-state index is 9.76. The van der Waals surface area contributed by atoms with E-state index < -0.39 is 9.23 Å². The van der Waals surface area contributed by atoms with Gasteiger partial charge in [-0.05, 0) is 83.0 Å². The Balaban J connectivity index is 0.000000169. The van der Waals surface area contributed by atoms with Crippen LogP contribution in [0.15, 0.2) is 71.4 Å². The van der Waals surface area contributed by atoms with Crippen molar-refractivity contribution in [3.8, 4) is 0 Å². The van der Waals surface area contributed by atoms with Crippen LogP contribution in [0.4, 0.5) is 0 Å². The van der Waals surface area contributed by atoms with Crippen molar-refractivity contribution in [1.82, 2.24) is 9.80 Å². The Kier molecular flexibility index (Phi) is 17.3. The first-order chi connectivity index (χ1) is 22.8. The van der Waals surface area contributed by atoms with Crippen molar-refractivity contribution < 1.29 is 14.1 Å². The van der Waals surface area contributed by atoms with Gasteiger partial charge in [0.15, 0.2) is 0 Å². The largest absolute Gasteiger partial charge is 0.394 e. The van der Waals surface area contributed by atoms with Gasteiger partial charge in [0.2, 0.25) is 9.23 Å². The van der Waals surface area contributed by atoms with Gasteiger partial charge >= 0.3 is 0 Å². The zero-order valence-corrected chi connectivity index (χ0v) is 32.1. The summed E-state index contributed by atoms with van der Waals surface area (Å²) in [7, 11) is 7.36. The number of alkyl halides is 1. The quantitative estimate of drug-likeness (QED) is 0.156. The lowest BCUT2D eigenvalue weighted by Gasteiger charge is -2.34. The summed E-state index contributed by atoms with van der Waals surface area (Å²) in [5, 5.41) is 15.6. The summed E-state index contributed by atoms with van der Waals surface area (Å²) >= 11 is 22.5. The molecule has 256 valence electrons. The van der Waals surface area contributed by atoms with Crippen LogP contribution in [0.5, 0.6) is 0 Å². The van der Waals surface area contributed by atoms with E-state index in [2.05, 4.69) is 60.1 Å². The molecule has 2 atom stereocenters. The van der Waals surface area contributed by atoms with Crippen LogP contribution in [0.1, 0.15) is 56.9 Å². The number of thiophene rings is 2. The van der Waals surface area contributed by atoms with Gasteiger partial charge in [-0.1, -0.05) is 59.6 Å². The van der Waals surface area contributed by atoms with E-state index >= 15 is 0 Å². The molecule has 5 heterocycles. The molecule has 13 heteroatoms. The van der Waals surface area contributed by atoms with Crippen LogP contribution in [0, 0.1) is 0 Å². The van der Waals surface area contributed by atoms with Crippen molar-refractivity contribution in [2.24, 2.45) is 0 Å². The lowest BCUT2D eigenvalue weighted by molar-refractivity contribution is 0.112. The van der Waals surface area contributed by atoms with Crippen molar-refractivity contribution >= 4 is 88.1 Å². The summed E-state index contributed by atoms with van der Waals surface area (Å²) in [6, 6.07) is 20.4. The minimum absolute atomic E-state index is 0.0123. The molecule has 3 aliphatic heterocycles. The fourth-order valence-corrected chi connectivity index (χ4v) is 8.53. The fourth-order valence-electron chi connectivity index (χ4n) is 5.86. The van der Waals surface area contributed by atoms with Crippen molar-refractivity contribution in [2.75, 3.05) is 38.8 Å². The molecule has 2 aromatic heterocycles. The van der Waals surface area contributed by atoms with E-state index in [1.165, 1.54) is 33.7 Å². The first kappa shape index (κ1) is 39.1. The molecule has 0 aliphatic carbocycles. The van der Waals surface area contributed by atoms with Crippen LogP contribution in [-0.4, -0.2) is 57.9 Å². The number of benzene rings is 2. The molecule has 7 rings (SSSR count). The number of fused-ring (bicyclic) bond motifs is 2. The van der Waals surface area contributed by atoms with E-state index in [0.717, 1.165) is 73.4 Å². The molecule has 2 aromatic carbocycles. The molecule has 0 bridgehead atoms. The van der Waals surface area contributed by atoms with E-state index in [-0.39, 0.29) is 18.7 Å². The molecule has 0 saturated carbocycles. The number of hydrogen-bond donors (Lipinski definition) is 1. The Morgan fingerprint density at radius 3 is 1.62 bits per heavy atom. The highest BCUT2D eigenvalue weighted by molar-refractivity contribution is 8.26. The minimum Gasteiger partial charge on any atom is -0.394 e. The van der Waals surface area contributed by atoms with Crippen molar-refractivity contribution in [1.29, 1.82) is 0 Å². The average molecular weight is 797 g/mol. The van der Waals surface area contributed by atoms with Crippen LogP contribution in [0.25, 0.3) is 0 Å². The van der Waals surface area contributed by atoms with E-state index in [9.17, 15) is 5.11 Å². The second-order valence-electron chi connectivity index (χ2n) is 11.1. The highest BCUT2D eigenvalue weighted by atomic mass is 36.0. The second kappa shape index (κ2) is 20.8. The van der Waals surface area contributed by atoms with Gasteiger partial charge in [-0.25, -0.2) is 4.21 Å². The van der Waals surface area contributed by atoms with Crippen LogP contribution >= 0.6 is 78.8 Å². The topological polar surface area (TPSA) is 53.0 Å². The molecule has 1 N–H and O–H groups in total. The lowest BCUT2D eigenvalue weighted by Crippen LogP contribution is -2.35. The molecule has 2 unspecified atom stereocenters. The van der Waals surface area contributed by atoms with E-state index in [4.69, 9.17) is 43.7 Å². The molecule has 1 saturated heterocycles. The Labute approximate surface area is 312 Å². The molecule has 5 nitrogen and oxygen atoms in total. The summed E-state index contributed by atoms with van der Waals surface area (Å²) in [5.41, 5.74) is 4.99. The van der Waals surface area contributed by atoms with Crippen molar-refractivity contribution in [2.45, 2.75) is 50.9 Å². The SMILES string of the molecule is C1CCOC1.ClCC(c1ccccc1Cl)N1CCc2sccc2C1.O=S(Cl)Cl.OCC(c1ccccc1Cl)N1CCc2sccc2C1. The Morgan fingerprint density at radius 1 is 0.766 bits per heavy atom. The minimum atomic E-state index is -1.67. The van der Waals surface area contributed by atoms with Crippen LogP contribution in [0.3, 0.4) is 0 Å². The van der Waals surface area contributed by atoms with Crippen molar-refractivity contribution in [3.63, 3.8) is 0 Å². The number of ether oxygens (including phenoxy) is 1. The Bertz CT molecular complexity index is 1420. The maximum Gasteiger partial charge on any atom is 0.211 e. The highest BCUT2D eigenvalue weighted by Gasteiger charge is 2.27. The third-order valence-electron chi connectivity index (χ3n) is 8.23. The molecule has 4 aromatic rings. The molecule has 0 spiro atoms. The number of aliphatic hydroxyl groups is 1. The zero-order valence-electron chi connectivity index (χ0n) is 25.8. The molecule has 47 heavy (non-hydrogen) atoms. The summed E-state index contributed by atoms with van der Waals surface area (Å²) < 4.78 is 14.0. The first-order valence-corrected chi connectivity index (χ1v) is 21.2. The number of nitrogens with zero attached hydrogens (tertiary/aromatic N) is 2. The first-order valence-electron chi connectivity index (χ1n) is 15.4. The maximum absolute atomic E-state index is 9.76. The van der Waals surface area contributed by atoms with E-state index in [1.54, 1.807) is 0 Å². The number of aliphatic hydroxyl groups excluding tert-OH is 1. The van der Waals surface area contributed by atoms with Gasteiger partial charge in [-0.2, -0.15) is 0 Å². The Hall–Kier alpha value is -0.720. The lowest BCUT2D eigenvalue weighted by atomic mass is 10.0. The van der Waals surface area contributed by atoms with Crippen molar-refractivity contribution in [3.05, 3.63) is 113 Å². The molecular formula is C34H39Cl5N2O3S3. The predicted octanol–water partition coefficient (Wildman–Crippen LogP) is 10.1. The normalized spacial score (nSPS) is 17.2. The predicted molar refractivity (Wildman–Crippen MR) is 203 cm³/mol. The molecule has 0 radical (unpaired) electrons. The van der Waals surface area contributed by atoms with Gasteiger partial charge < -0.3 is 9.84 Å². The third kappa shape index (κ3) is 11.9. The smallest absolute Gasteiger partial charge is 0.211 e. The summed E-state index contributed by atoms with van der Waals surface area (Å²) in [6.07, 6.45) is 4.73. The monoisotopic (exact) mass is 794 g/mol. The third-order valence-corrected chi connectivity index (χ3v) is 11.3. The van der Waals surface area contributed by atoms with Crippen LogP contribution in [0.2, 0.25) is 10.0 Å². The summed E-state index contributed by atoms with van der Waals surface area (Å²) in [4.78, 5) is 7.75. The second-order valence-corrected chi connectivity index (χ2v) is 16.7. The van der Waals surface area contributed by atoms with Gasteiger partial charge in [0.05, 0.1) is 18.7 Å². The highest BCUT2D eigenvalue weighted by Crippen LogP contribution is 2.35. The fraction of sp³-hybridized carbons (Fsp3) is 0.412. The Morgan fingerprint density at radius 2 is 1.21 bits per heavy atom. The van der Waals surface area contributed by atoms with Gasteiger partial charge in [0.1, 0.15) is 0 Å². The molecular weight excluding hydrogens is 758 g/mol. The van der Waals surface area contributed by atoms with E-state index in [0.29, 0.717) is 5.88 Å². The van der Waals surface area contributed by atoms with Gasteiger partial charge in [-0.15, -0.1) is 34.3 Å². The van der Waals surface area contributed by atoms with Crippen LogP contribution in [-0.2, 0) is 39.9 Å². The standard InChI is InChI=1S/C15H15Cl2NS.C15H16ClNOS.C4H8O.Cl2OS/c16-9-14(12-3-1-2-4-13(12)17)18-7-5-15-11(10-18)6-8-19-15;16-13-4-2-1-3-12(13)14(10-18)17-7-5-15-11(9-17)6-8-19-15;1-2-4-5-3-1;1-4(2)3/h1-4,6,8,14H,5,7,9-10H2;1-4,6,8,14,18H,5,7,9-10H2;1-4H2;. The average Bonchev–Trinajstić information content (AvgIpc) is 3.88.